The molecule has 0 radical (unpaired) electrons. The molecule has 1 atom stereocenters. The van der Waals surface area contributed by atoms with Crippen molar-refractivity contribution in [2.75, 3.05) is 12.4 Å². The fourth-order valence-electron chi connectivity index (χ4n) is 2.57. The fourth-order valence-corrected chi connectivity index (χ4v) is 3.59. The van der Waals surface area contributed by atoms with Gasteiger partial charge in [-0.15, -0.1) is 11.3 Å². The number of carbonyl (C=O) groups excluding carboxylic acids is 1. The number of rotatable bonds is 6. The lowest BCUT2D eigenvalue weighted by molar-refractivity contribution is -0.118. The lowest BCUT2D eigenvalue weighted by atomic mass is 10.0. The summed E-state index contributed by atoms with van der Waals surface area (Å²) < 4.78 is 0. The largest absolute Gasteiger partial charge is 0.504 e. The highest BCUT2D eigenvalue weighted by Crippen LogP contribution is 2.30. The molecule has 3 aromatic rings. The van der Waals surface area contributed by atoms with Crippen molar-refractivity contribution in [3.8, 4) is 22.8 Å². The predicted octanol–water partition coefficient (Wildman–Crippen LogP) is 4.30. The zero-order valence-corrected chi connectivity index (χ0v) is 17.1. The van der Waals surface area contributed by atoms with Gasteiger partial charge in [-0.1, -0.05) is 35.3 Å². The maximum absolute atomic E-state index is 12.6. The Kier molecular flexibility index (Phi) is 6.41. The molecular formula is C19H17Cl2N3O3S. The second-order valence-electron chi connectivity index (χ2n) is 6.02. The van der Waals surface area contributed by atoms with Gasteiger partial charge in [0.2, 0.25) is 5.91 Å². The quantitative estimate of drug-likeness (QED) is 0.431. The Morgan fingerprint density at radius 2 is 1.93 bits per heavy atom. The molecule has 0 aliphatic rings. The van der Waals surface area contributed by atoms with E-state index in [4.69, 9.17) is 23.2 Å². The monoisotopic (exact) mass is 437 g/mol. The number of aromatic nitrogens is 1. The summed E-state index contributed by atoms with van der Waals surface area (Å²) in [5, 5.41) is 27.9. The number of carbonyl (C=O) groups is 1. The van der Waals surface area contributed by atoms with E-state index in [0.29, 0.717) is 32.9 Å². The minimum atomic E-state index is -0.540. The summed E-state index contributed by atoms with van der Waals surface area (Å²) in [6.45, 7) is 0. The zero-order valence-electron chi connectivity index (χ0n) is 14.7. The Morgan fingerprint density at radius 1 is 1.14 bits per heavy atom. The van der Waals surface area contributed by atoms with Crippen molar-refractivity contribution in [1.29, 1.82) is 0 Å². The molecule has 3 rings (SSSR count). The molecule has 0 aliphatic heterocycles. The highest BCUT2D eigenvalue weighted by molar-refractivity contribution is 7.14. The molecule has 0 bridgehead atoms. The Bertz CT molecular complexity index is 1010. The number of aromatic hydroxyl groups is 2. The van der Waals surface area contributed by atoms with E-state index < -0.39 is 6.04 Å². The molecule has 6 nitrogen and oxygen atoms in total. The highest BCUT2D eigenvalue weighted by Gasteiger charge is 2.19. The summed E-state index contributed by atoms with van der Waals surface area (Å²) in [6.07, 6.45) is 0.335. The van der Waals surface area contributed by atoms with Crippen molar-refractivity contribution in [2.24, 2.45) is 0 Å². The number of halogens is 2. The summed E-state index contributed by atoms with van der Waals surface area (Å²) in [7, 11) is 1.67. The molecule has 0 saturated heterocycles. The van der Waals surface area contributed by atoms with Gasteiger partial charge >= 0.3 is 0 Å². The number of hydrogen-bond donors (Lipinski definition) is 4. The van der Waals surface area contributed by atoms with Crippen LogP contribution < -0.4 is 10.6 Å². The number of anilines is 1. The van der Waals surface area contributed by atoms with Crippen molar-refractivity contribution in [1.82, 2.24) is 10.3 Å². The molecular weight excluding hydrogens is 421 g/mol. The maximum Gasteiger partial charge on any atom is 0.243 e. The standard InChI is InChI=1S/C19H17Cl2N3O3S/c1-22-14(6-10-2-5-16(25)17(26)7-10)18(27)24-19-23-15(9-28-19)11-3-4-12(20)13(21)8-11/h2-5,7-9,14,22,25-26H,6H2,1H3,(H,23,24,27). The van der Waals surface area contributed by atoms with Crippen molar-refractivity contribution in [2.45, 2.75) is 12.5 Å². The molecule has 1 heterocycles. The average Bonchev–Trinajstić information content (AvgIpc) is 3.13. The third kappa shape index (κ3) is 4.74. The van der Waals surface area contributed by atoms with Crippen LogP contribution in [0, 0.1) is 0 Å². The fraction of sp³-hybridized carbons (Fsp3) is 0.158. The minimum absolute atomic E-state index is 0.202. The van der Waals surface area contributed by atoms with E-state index in [1.807, 2.05) is 11.4 Å². The van der Waals surface area contributed by atoms with Crippen LogP contribution in [0.4, 0.5) is 5.13 Å². The van der Waals surface area contributed by atoms with Crippen LogP contribution >= 0.6 is 34.5 Å². The maximum atomic E-state index is 12.6. The predicted molar refractivity (Wildman–Crippen MR) is 113 cm³/mol. The van der Waals surface area contributed by atoms with Crippen LogP contribution in [-0.2, 0) is 11.2 Å². The summed E-state index contributed by atoms with van der Waals surface area (Å²) in [6, 6.07) is 9.15. The van der Waals surface area contributed by atoms with Gasteiger partial charge in [-0.2, -0.15) is 0 Å². The van der Waals surface area contributed by atoms with Crippen molar-refractivity contribution >= 4 is 45.6 Å². The van der Waals surface area contributed by atoms with Crippen LogP contribution in [0.2, 0.25) is 10.0 Å². The first-order valence-electron chi connectivity index (χ1n) is 8.27. The van der Waals surface area contributed by atoms with Gasteiger partial charge < -0.3 is 20.8 Å². The number of likely N-dealkylation sites (N-methyl/N-ethyl adjacent to an activating group) is 1. The first kappa shape index (κ1) is 20.4. The van der Waals surface area contributed by atoms with Crippen LogP contribution in [0.25, 0.3) is 11.3 Å². The summed E-state index contributed by atoms with van der Waals surface area (Å²) in [4.78, 5) is 17.0. The minimum Gasteiger partial charge on any atom is -0.504 e. The van der Waals surface area contributed by atoms with Gasteiger partial charge in [0.1, 0.15) is 0 Å². The molecule has 0 saturated carbocycles. The molecule has 0 spiro atoms. The number of benzene rings is 2. The van der Waals surface area contributed by atoms with Crippen LogP contribution in [0.15, 0.2) is 41.8 Å². The second kappa shape index (κ2) is 8.79. The van der Waals surface area contributed by atoms with E-state index in [1.165, 1.54) is 23.5 Å². The molecule has 0 aliphatic carbocycles. The Morgan fingerprint density at radius 3 is 2.61 bits per heavy atom. The van der Waals surface area contributed by atoms with Gasteiger partial charge in [0, 0.05) is 10.9 Å². The lowest BCUT2D eigenvalue weighted by Gasteiger charge is -2.15. The second-order valence-corrected chi connectivity index (χ2v) is 7.70. The lowest BCUT2D eigenvalue weighted by Crippen LogP contribution is -2.40. The first-order chi connectivity index (χ1) is 13.4. The number of phenols is 2. The van der Waals surface area contributed by atoms with Crippen LogP contribution in [0.3, 0.4) is 0 Å². The van der Waals surface area contributed by atoms with Gasteiger partial charge in [0.05, 0.1) is 21.8 Å². The Balaban J connectivity index is 1.69. The summed E-state index contributed by atoms with van der Waals surface area (Å²) in [5.74, 6) is -0.684. The van der Waals surface area contributed by atoms with E-state index in [9.17, 15) is 15.0 Å². The van der Waals surface area contributed by atoms with E-state index in [-0.39, 0.29) is 17.4 Å². The molecule has 1 unspecified atom stereocenters. The Hall–Kier alpha value is -2.32. The SMILES string of the molecule is CNC(Cc1ccc(O)c(O)c1)C(=O)Nc1nc(-c2ccc(Cl)c(Cl)c2)cs1. The van der Waals surface area contributed by atoms with Crippen LogP contribution in [0.1, 0.15) is 5.56 Å². The third-order valence-corrected chi connectivity index (χ3v) is 5.59. The number of phenolic OH excluding ortho intramolecular Hbond substituents is 2. The molecule has 1 aromatic heterocycles. The Labute approximate surface area is 175 Å². The molecule has 2 aromatic carbocycles. The average molecular weight is 438 g/mol. The normalized spacial score (nSPS) is 12.0. The van der Waals surface area contributed by atoms with Crippen LogP contribution in [-0.4, -0.2) is 34.2 Å². The topological polar surface area (TPSA) is 94.5 Å². The number of amides is 1. The third-order valence-electron chi connectivity index (χ3n) is 4.09. The smallest absolute Gasteiger partial charge is 0.243 e. The van der Waals surface area contributed by atoms with Crippen molar-refractivity contribution < 1.29 is 15.0 Å². The molecule has 1 amide bonds. The van der Waals surface area contributed by atoms with Crippen molar-refractivity contribution in [3.05, 3.63) is 57.4 Å². The van der Waals surface area contributed by atoms with E-state index in [1.54, 1.807) is 25.2 Å². The molecule has 146 valence electrons. The van der Waals surface area contributed by atoms with E-state index >= 15 is 0 Å². The van der Waals surface area contributed by atoms with Gasteiger partial charge in [0.15, 0.2) is 16.6 Å². The van der Waals surface area contributed by atoms with E-state index in [0.717, 1.165) is 5.56 Å². The molecule has 4 N–H and O–H groups in total. The molecule has 0 fully saturated rings. The van der Waals surface area contributed by atoms with Gasteiger partial charge in [-0.25, -0.2) is 4.98 Å². The molecule has 9 heteroatoms. The van der Waals surface area contributed by atoms with Crippen LogP contribution in [0.5, 0.6) is 11.5 Å². The highest BCUT2D eigenvalue weighted by atomic mass is 35.5. The van der Waals surface area contributed by atoms with Gasteiger partial charge in [0.25, 0.3) is 0 Å². The number of nitrogens with zero attached hydrogens (tertiary/aromatic N) is 1. The number of thiazole rings is 1. The van der Waals surface area contributed by atoms with Crippen molar-refractivity contribution in [3.63, 3.8) is 0 Å². The zero-order chi connectivity index (χ0) is 20.3. The van der Waals surface area contributed by atoms with Gasteiger partial charge in [-0.05, 0) is 43.3 Å². The summed E-state index contributed by atoms with van der Waals surface area (Å²) >= 11 is 13.3. The number of nitrogens with one attached hydrogen (secondary N) is 2. The first-order valence-corrected chi connectivity index (χ1v) is 9.91. The number of hydrogen-bond acceptors (Lipinski definition) is 6. The molecule has 28 heavy (non-hydrogen) atoms. The summed E-state index contributed by atoms with van der Waals surface area (Å²) in [5.41, 5.74) is 2.19. The van der Waals surface area contributed by atoms with Gasteiger partial charge in [-0.3, -0.25) is 4.79 Å². The van der Waals surface area contributed by atoms with E-state index in [2.05, 4.69) is 15.6 Å².